The van der Waals surface area contributed by atoms with Crippen LogP contribution in [0.25, 0.3) is 0 Å². The third-order valence-corrected chi connectivity index (χ3v) is 6.01. The molecule has 6 heteroatoms. The standard InChI is InChI=1S/C13H16ClNO2S2/c14-6-10-7-15(2-3-17-10)13(16)12-5-9-8-18-4-1-11(9)19-12/h5,10H,1-4,6-8H2. The highest BCUT2D eigenvalue weighted by atomic mass is 35.5. The molecule has 2 aliphatic heterocycles. The molecule has 1 fully saturated rings. The molecular formula is C13H16ClNO2S2. The minimum absolute atomic E-state index is 0.0236. The summed E-state index contributed by atoms with van der Waals surface area (Å²) in [6.45, 7) is 1.87. The predicted octanol–water partition coefficient (Wildman–Crippen LogP) is 2.62. The zero-order chi connectivity index (χ0) is 13.2. The van der Waals surface area contributed by atoms with Gasteiger partial charge in [-0.05, 0) is 23.8 Å². The Morgan fingerprint density at radius 1 is 1.58 bits per heavy atom. The molecule has 3 heterocycles. The lowest BCUT2D eigenvalue weighted by atomic mass is 10.2. The molecule has 1 amide bonds. The summed E-state index contributed by atoms with van der Waals surface area (Å²) in [6.07, 6.45) is 1.08. The van der Waals surface area contributed by atoms with Crippen molar-refractivity contribution in [1.82, 2.24) is 4.90 Å². The number of alkyl halides is 1. The summed E-state index contributed by atoms with van der Waals surface area (Å²) in [5.74, 6) is 2.81. The lowest BCUT2D eigenvalue weighted by Crippen LogP contribution is -2.46. The number of halogens is 1. The zero-order valence-corrected chi connectivity index (χ0v) is 13.0. The number of carbonyl (C=O) groups excluding carboxylic acids is 1. The van der Waals surface area contributed by atoms with Crippen LogP contribution in [0, 0.1) is 0 Å². The maximum absolute atomic E-state index is 12.5. The van der Waals surface area contributed by atoms with Crippen LogP contribution in [0.15, 0.2) is 6.07 Å². The van der Waals surface area contributed by atoms with Crippen molar-refractivity contribution in [1.29, 1.82) is 0 Å². The van der Waals surface area contributed by atoms with Gasteiger partial charge in [-0.1, -0.05) is 0 Å². The molecule has 0 radical (unpaired) electrons. The number of hydrogen-bond donors (Lipinski definition) is 0. The van der Waals surface area contributed by atoms with Crippen LogP contribution < -0.4 is 0 Å². The Hall–Kier alpha value is -0.230. The van der Waals surface area contributed by atoms with Crippen molar-refractivity contribution in [2.75, 3.05) is 31.3 Å². The van der Waals surface area contributed by atoms with Gasteiger partial charge in [0, 0.05) is 23.7 Å². The molecule has 1 unspecified atom stereocenters. The second kappa shape index (κ2) is 6.04. The molecule has 0 N–H and O–H groups in total. The third kappa shape index (κ3) is 2.94. The van der Waals surface area contributed by atoms with Crippen molar-refractivity contribution in [3.63, 3.8) is 0 Å². The fourth-order valence-electron chi connectivity index (χ4n) is 2.41. The maximum Gasteiger partial charge on any atom is 0.264 e. The van der Waals surface area contributed by atoms with E-state index in [0.717, 1.165) is 17.1 Å². The monoisotopic (exact) mass is 317 g/mol. The molecule has 0 spiro atoms. The number of ether oxygens (including phenoxy) is 1. The van der Waals surface area contributed by atoms with Crippen molar-refractivity contribution in [3.05, 3.63) is 21.4 Å². The van der Waals surface area contributed by atoms with Crippen LogP contribution in [0.3, 0.4) is 0 Å². The minimum Gasteiger partial charge on any atom is -0.373 e. The lowest BCUT2D eigenvalue weighted by molar-refractivity contribution is -0.0106. The summed E-state index contributed by atoms with van der Waals surface area (Å²) in [5.41, 5.74) is 1.35. The summed E-state index contributed by atoms with van der Waals surface area (Å²) >= 11 is 9.43. The highest BCUT2D eigenvalue weighted by Gasteiger charge is 2.26. The molecule has 0 bridgehead atoms. The van der Waals surface area contributed by atoms with E-state index in [4.69, 9.17) is 16.3 Å². The first-order chi connectivity index (χ1) is 9.28. The van der Waals surface area contributed by atoms with Crippen LogP contribution in [0.1, 0.15) is 20.1 Å². The highest BCUT2D eigenvalue weighted by molar-refractivity contribution is 7.98. The first-order valence-electron chi connectivity index (χ1n) is 6.44. The van der Waals surface area contributed by atoms with Crippen LogP contribution in [0.4, 0.5) is 0 Å². The van der Waals surface area contributed by atoms with Gasteiger partial charge in [0.05, 0.1) is 23.5 Å². The minimum atomic E-state index is -0.0236. The summed E-state index contributed by atoms with van der Waals surface area (Å²) < 4.78 is 5.50. The average molecular weight is 318 g/mol. The van der Waals surface area contributed by atoms with E-state index in [2.05, 4.69) is 6.07 Å². The largest absolute Gasteiger partial charge is 0.373 e. The Morgan fingerprint density at radius 2 is 2.47 bits per heavy atom. The molecule has 3 nitrogen and oxygen atoms in total. The van der Waals surface area contributed by atoms with Crippen LogP contribution in [0.5, 0.6) is 0 Å². The van der Waals surface area contributed by atoms with Crippen LogP contribution in [-0.2, 0) is 16.9 Å². The van der Waals surface area contributed by atoms with Gasteiger partial charge in [0.25, 0.3) is 5.91 Å². The molecule has 1 atom stereocenters. The number of hydrogen-bond acceptors (Lipinski definition) is 4. The number of thiophene rings is 1. The maximum atomic E-state index is 12.5. The Kier molecular flexibility index (Phi) is 4.37. The third-order valence-electron chi connectivity index (χ3n) is 3.44. The van der Waals surface area contributed by atoms with Crippen molar-refractivity contribution in [2.24, 2.45) is 0 Å². The highest BCUT2D eigenvalue weighted by Crippen LogP contribution is 2.32. The number of morpholine rings is 1. The molecule has 19 heavy (non-hydrogen) atoms. The topological polar surface area (TPSA) is 29.5 Å². The normalized spacial score (nSPS) is 23.2. The Morgan fingerprint density at radius 3 is 3.26 bits per heavy atom. The summed E-state index contributed by atoms with van der Waals surface area (Å²) in [5, 5.41) is 0. The molecule has 3 rings (SSSR count). The second-order valence-electron chi connectivity index (χ2n) is 4.76. The summed E-state index contributed by atoms with van der Waals surface area (Å²) in [6, 6.07) is 2.08. The number of rotatable bonds is 2. The average Bonchev–Trinajstić information content (AvgIpc) is 2.90. The Labute approximate surface area is 126 Å². The summed E-state index contributed by atoms with van der Waals surface area (Å²) in [4.78, 5) is 16.7. The van der Waals surface area contributed by atoms with Crippen LogP contribution in [-0.4, -0.2) is 48.2 Å². The first-order valence-corrected chi connectivity index (χ1v) is 8.94. The molecule has 1 aromatic heterocycles. The van der Waals surface area contributed by atoms with Gasteiger partial charge in [-0.3, -0.25) is 4.79 Å². The van der Waals surface area contributed by atoms with E-state index in [0.29, 0.717) is 25.6 Å². The fraction of sp³-hybridized carbons (Fsp3) is 0.615. The van der Waals surface area contributed by atoms with Gasteiger partial charge < -0.3 is 9.64 Å². The van der Waals surface area contributed by atoms with Crippen molar-refractivity contribution in [3.8, 4) is 0 Å². The van der Waals surface area contributed by atoms with E-state index in [9.17, 15) is 4.79 Å². The van der Waals surface area contributed by atoms with Crippen LogP contribution in [0.2, 0.25) is 0 Å². The van der Waals surface area contributed by atoms with Gasteiger partial charge >= 0.3 is 0 Å². The predicted molar refractivity (Wildman–Crippen MR) is 80.5 cm³/mol. The summed E-state index contributed by atoms with van der Waals surface area (Å²) in [7, 11) is 0. The molecule has 0 aromatic carbocycles. The number of amides is 1. The number of thioether (sulfide) groups is 1. The van der Waals surface area contributed by atoms with E-state index in [1.54, 1.807) is 11.3 Å². The number of aryl methyl sites for hydroxylation is 1. The van der Waals surface area contributed by atoms with Crippen molar-refractivity contribution in [2.45, 2.75) is 18.3 Å². The first kappa shape index (κ1) is 13.7. The van der Waals surface area contributed by atoms with Gasteiger partial charge in [-0.25, -0.2) is 0 Å². The number of fused-ring (bicyclic) bond motifs is 1. The van der Waals surface area contributed by atoms with Gasteiger partial charge in [-0.2, -0.15) is 11.8 Å². The van der Waals surface area contributed by atoms with E-state index in [-0.39, 0.29) is 12.0 Å². The lowest BCUT2D eigenvalue weighted by Gasteiger charge is -2.31. The Bertz CT molecular complexity index is 454. The molecule has 1 saturated heterocycles. The molecule has 1 aromatic rings. The van der Waals surface area contributed by atoms with Gasteiger partial charge in [-0.15, -0.1) is 22.9 Å². The molecule has 104 valence electrons. The number of nitrogens with zero attached hydrogens (tertiary/aromatic N) is 1. The number of carbonyl (C=O) groups is 1. The zero-order valence-electron chi connectivity index (χ0n) is 10.6. The Balaban J connectivity index is 1.74. The molecule has 0 aliphatic carbocycles. The smallest absolute Gasteiger partial charge is 0.264 e. The quantitative estimate of drug-likeness (QED) is 0.785. The SMILES string of the molecule is O=C(c1cc2c(s1)CCSC2)N1CCOC(CCl)C1. The van der Waals surface area contributed by atoms with E-state index in [1.807, 2.05) is 16.7 Å². The van der Waals surface area contributed by atoms with E-state index < -0.39 is 0 Å². The van der Waals surface area contributed by atoms with Gasteiger partial charge in [0.15, 0.2) is 0 Å². The molecule has 0 saturated carbocycles. The second-order valence-corrected chi connectivity index (χ2v) is 7.31. The van der Waals surface area contributed by atoms with E-state index in [1.165, 1.54) is 16.2 Å². The van der Waals surface area contributed by atoms with Crippen molar-refractivity contribution < 1.29 is 9.53 Å². The van der Waals surface area contributed by atoms with Gasteiger partial charge in [0.2, 0.25) is 0 Å². The van der Waals surface area contributed by atoms with Crippen molar-refractivity contribution >= 4 is 40.6 Å². The van der Waals surface area contributed by atoms with E-state index >= 15 is 0 Å². The fourth-order valence-corrected chi connectivity index (χ4v) is 4.93. The van der Waals surface area contributed by atoms with Crippen LogP contribution >= 0.6 is 34.7 Å². The molecule has 2 aliphatic rings. The molecular weight excluding hydrogens is 302 g/mol. The van der Waals surface area contributed by atoms with Gasteiger partial charge in [0.1, 0.15) is 0 Å².